The second-order valence-corrected chi connectivity index (χ2v) is 7.08. The van der Waals surface area contributed by atoms with Gasteiger partial charge in [0.15, 0.2) is 0 Å². The van der Waals surface area contributed by atoms with Crippen molar-refractivity contribution in [1.29, 1.82) is 0 Å². The number of ether oxygens (including phenoxy) is 2. The quantitative estimate of drug-likeness (QED) is 0.245. The molecule has 31 heavy (non-hydrogen) atoms. The first-order valence-electron chi connectivity index (χ1n) is 10.1. The second kappa shape index (κ2) is 10.4. The van der Waals surface area contributed by atoms with E-state index in [-0.39, 0.29) is 31.2 Å². The zero-order valence-corrected chi connectivity index (χ0v) is 17.2. The van der Waals surface area contributed by atoms with Crippen LogP contribution in [0.15, 0.2) is 42.5 Å². The SMILES string of the molecule is CCCCC1OC(=O)c2cc(NC(=O)c3ccc(OCCCO[N+](=O)[O-])cc3)ccc21. The summed E-state index contributed by atoms with van der Waals surface area (Å²) in [5.74, 6) is -0.145. The van der Waals surface area contributed by atoms with Gasteiger partial charge in [0.25, 0.3) is 11.0 Å². The molecule has 2 aromatic carbocycles. The lowest BCUT2D eigenvalue weighted by molar-refractivity contribution is -0.757. The first-order chi connectivity index (χ1) is 15.0. The Morgan fingerprint density at radius 1 is 1.16 bits per heavy atom. The number of fused-ring (bicyclic) bond motifs is 1. The predicted octanol–water partition coefficient (Wildman–Crippen LogP) is 4.32. The molecule has 164 valence electrons. The molecule has 1 aliphatic rings. The number of esters is 1. The number of hydrogen-bond acceptors (Lipinski definition) is 7. The van der Waals surface area contributed by atoms with Gasteiger partial charge in [-0.25, -0.2) is 4.79 Å². The van der Waals surface area contributed by atoms with Gasteiger partial charge >= 0.3 is 5.97 Å². The summed E-state index contributed by atoms with van der Waals surface area (Å²) in [5, 5.41) is 12.0. The van der Waals surface area contributed by atoms with Crippen LogP contribution in [-0.4, -0.2) is 30.2 Å². The topological polar surface area (TPSA) is 117 Å². The highest BCUT2D eigenvalue weighted by atomic mass is 16.9. The standard InChI is InChI=1S/C22H24N2O7/c1-2-3-5-20-18-11-8-16(14-19(18)22(26)31-20)23-21(25)15-6-9-17(10-7-15)29-12-4-13-30-24(27)28/h6-11,14,20H,2-5,12-13H2,1H3,(H,23,25). The highest BCUT2D eigenvalue weighted by Gasteiger charge is 2.30. The molecule has 1 N–H and O–H groups in total. The summed E-state index contributed by atoms with van der Waals surface area (Å²) in [5.41, 5.74) is 2.29. The number of hydrogen-bond donors (Lipinski definition) is 1. The van der Waals surface area contributed by atoms with Crippen molar-refractivity contribution in [3.63, 3.8) is 0 Å². The number of carbonyl (C=O) groups is 2. The Morgan fingerprint density at radius 3 is 2.65 bits per heavy atom. The van der Waals surface area contributed by atoms with Crippen molar-refractivity contribution < 1.29 is 29.0 Å². The molecule has 0 bridgehead atoms. The van der Waals surface area contributed by atoms with Crippen LogP contribution in [0.1, 0.15) is 65.0 Å². The summed E-state index contributed by atoms with van der Waals surface area (Å²) < 4.78 is 10.9. The molecule has 0 aromatic heterocycles. The van der Waals surface area contributed by atoms with Gasteiger partial charge in [-0.1, -0.05) is 19.4 Å². The molecule has 1 aliphatic heterocycles. The van der Waals surface area contributed by atoms with E-state index in [0.717, 1.165) is 24.8 Å². The van der Waals surface area contributed by atoms with E-state index in [1.807, 2.05) is 6.07 Å². The van der Waals surface area contributed by atoms with Crippen molar-refractivity contribution in [1.82, 2.24) is 0 Å². The number of amides is 1. The Labute approximate surface area is 179 Å². The van der Waals surface area contributed by atoms with Crippen molar-refractivity contribution in [2.45, 2.75) is 38.7 Å². The van der Waals surface area contributed by atoms with Crippen molar-refractivity contribution >= 4 is 17.6 Å². The summed E-state index contributed by atoms with van der Waals surface area (Å²) in [6.07, 6.45) is 2.94. The molecule has 1 unspecified atom stereocenters. The lowest BCUT2D eigenvalue weighted by atomic mass is 10.0. The zero-order chi connectivity index (χ0) is 22.2. The third-order valence-corrected chi connectivity index (χ3v) is 4.82. The van der Waals surface area contributed by atoms with Crippen LogP contribution in [0.25, 0.3) is 0 Å². The lowest BCUT2D eigenvalue weighted by Gasteiger charge is -2.10. The number of anilines is 1. The number of unbranched alkanes of at least 4 members (excludes halogenated alkanes) is 1. The fraction of sp³-hybridized carbons (Fsp3) is 0.364. The molecule has 9 nitrogen and oxygen atoms in total. The summed E-state index contributed by atoms with van der Waals surface area (Å²) in [4.78, 5) is 39.0. The average molecular weight is 428 g/mol. The number of nitrogens with one attached hydrogen (secondary N) is 1. The summed E-state index contributed by atoms with van der Waals surface area (Å²) in [6.45, 7) is 2.30. The third-order valence-electron chi connectivity index (χ3n) is 4.82. The lowest BCUT2D eigenvalue weighted by Crippen LogP contribution is -2.12. The highest BCUT2D eigenvalue weighted by Crippen LogP contribution is 2.35. The Morgan fingerprint density at radius 2 is 1.94 bits per heavy atom. The van der Waals surface area contributed by atoms with Crippen LogP contribution in [0.2, 0.25) is 0 Å². The maximum atomic E-state index is 12.5. The monoisotopic (exact) mass is 428 g/mol. The van der Waals surface area contributed by atoms with E-state index in [0.29, 0.717) is 29.0 Å². The van der Waals surface area contributed by atoms with Crippen LogP contribution in [0.4, 0.5) is 5.69 Å². The number of benzene rings is 2. The van der Waals surface area contributed by atoms with Crippen LogP contribution in [-0.2, 0) is 9.57 Å². The summed E-state index contributed by atoms with van der Waals surface area (Å²) in [6, 6.07) is 11.7. The Balaban J connectivity index is 1.55. The number of nitrogens with zero attached hydrogens (tertiary/aromatic N) is 1. The third kappa shape index (κ3) is 5.94. The Kier molecular flexibility index (Phi) is 7.42. The minimum atomic E-state index is -0.845. The van der Waals surface area contributed by atoms with Gasteiger partial charge in [-0.3, -0.25) is 4.79 Å². The van der Waals surface area contributed by atoms with E-state index < -0.39 is 5.09 Å². The van der Waals surface area contributed by atoms with Crippen molar-refractivity contribution in [3.8, 4) is 5.75 Å². The Hall–Kier alpha value is -3.62. The van der Waals surface area contributed by atoms with Crippen molar-refractivity contribution in [2.75, 3.05) is 18.5 Å². The predicted molar refractivity (Wildman–Crippen MR) is 112 cm³/mol. The van der Waals surface area contributed by atoms with Gasteiger partial charge in [-0.15, -0.1) is 10.1 Å². The molecular formula is C22H24N2O7. The van der Waals surface area contributed by atoms with Gasteiger partial charge in [-0.2, -0.15) is 0 Å². The molecule has 0 radical (unpaired) electrons. The number of rotatable bonds is 11. The largest absolute Gasteiger partial charge is 0.494 e. The van der Waals surface area contributed by atoms with Gasteiger partial charge < -0.3 is 19.6 Å². The van der Waals surface area contributed by atoms with Crippen LogP contribution in [0, 0.1) is 10.1 Å². The molecule has 1 heterocycles. The van der Waals surface area contributed by atoms with Gasteiger partial charge in [0.1, 0.15) is 11.9 Å². The first kappa shape index (κ1) is 22.1. The van der Waals surface area contributed by atoms with E-state index in [9.17, 15) is 19.7 Å². The van der Waals surface area contributed by atoms with Crippen LogP contribution in [0.3, 0.4) is 0 Å². The maximum Gasteiger partial charge on any atom is 0.339 e. The number of cyclic esters (lactones) is 1. The van der Waals surface area contributed by atoms with Crippen molar-refractivity contribution in [2.24, 2.45) is 0 Å². The minimum Gasteiger partial charge on any atom is -0.494 e. The van der Waals surface area contributed by atoms with Crippen LogP contribution >= 0.6 is 0 Å². The minimum absolute atomic E-state index is 0.0405. The van der Waals surface area contributed by atoms with Crippen LogP contribution in [0.5, 0.6) is 5.75 Å². The van der Waals surface area contributed by atoms with Crippen molar-refractivity contribution in [3.05, 3.63) is 69.3 Å². The fourth-order valence-electron chi connectivity index (χ4n) is 3.25. The molecule has 0 spiro atoms. The van der Waals surface area contributed by atoms with Gasteiger partial charge in [0.05, 0.1) is 18.8 Å². The van der Waals surface area contributed by atoms with Crippen LogP contribution < -0.4 is 10.1 Å². The molecular weight excluding hydrogens is 404 g/mol. The summed E-state index contributed by atoms with van der Waals surface area (Å²) in [7, 11) is 0. The number of carbonyl (C=O) groups excluding carboxylic acids is 2. The molecule has 2 aromatic rings. The van der Waals surface area contributed by atoms with Gasteiger partial charge in [0.2, 0.25) is 0 Å². The van der Waals surface area contributed by atoms with E-state index in [4.69, 9.17) is 9.47 Å². The normalized spacial score (nSPS) is 14.5. The van der Waals surface area contributed by atoms with E-state index >= 15 is 0 Å². The van der Waals surface area contributed by atoms with Gasteiger partial charge in [0, 0.05) is 23.2 Å². The molecule has 9 heteroatoms. The average Bonchev–Trinajstić information content (AvgIpc) is 3.07. The zero-order valence-electron chi connectivity index (χ0n) is 17.2. The molecule has 3 rings (SSSR count). The molecule has 0 fully saturated rings. The van der Waals surface area contributed by atoms with E-state index in [2.05, 4.69) is 17.1 Å². The highest BCUT2D eigenvalue weighted by molar-refractivity contribution is 6.05. The Bertz CT molecular complexity index is 943. The smallest absolute Gasteiger partial charge is 0.339 e. The molecule has 1 atom stereocenters. The van der Waals surface area contributed by atoms with Gasteiger partial charge in [-0.05, 0) is 49.2 Å². The molecule has 0 saturated carbocycles. The summed E-state index contributed by atoms with van der Waals surface area (Å²) >= 11 is 0. The first-order valence-corrected chi connectivity index (χ1v) is 10.1. The molecule has 0 saturated heterocycles. The second-order valence-electron chi connectivity index (χ2n) is 7.08. The van der Waals surface area contributed by atoms with E-state index in [1.54, 1.807) is 36.4 Å². The molecule has 0 aliphatic carbocycles. The maximum absolute atomic E-state index is 12.5. The fourth-order valence-corrected chi connectivity index (χ4v) is 3.25. The van der Waals surface area contributed by atoms with E-state index in [1.165, 1.54) is 0 Å². The molecule has 1 amide bonds.